The number of hydrogen-bond acceptors (Lipinski definition) is 3. The van der Waals surface area contributed by atoms with E-state index in [1.165, 1.54) is 10.9 Å². The Morgan fingerprint density at radius 1 is 1.35 bits per heavy atom. The Labute approximate surface area is 108 Å². The Balaban J connectivity index is 2.16. The monoisotopic (exact) mass is 275 g/mol. The second-order valence-electron chi connectivity index (χ2n) is 3.87. The third kappa shape index (κ3) is 2.61. The topological polar surface area (TPSA) is 55.2 Å². The molecule has 1 amide bonds. The van der Waals surface area contributed by atoms with E-state index in [0.29, 0.717) is 0 Å². The molecule has 7 heteroatoms. The molecule has 2 rings (SSSR count). The van der Waals surface area contributed by atoms with Crippen LogP contribution >= 0.6 is 23.2 Å². The molecule has 0 aromatic carbocycles. The number of likely N-dealkylation sites (tertiary alicyclic amines) is 1. The van der Waals surface area contributed by atoms with E-state index in [2.05, 4.69) is 4.98 Å². The van der Waals surface area contributed by atoms with Crippen LogP contribution in [0.4, 0.5) is 0 Å². The zero-order valence-corrected chi connectivity index (χ0v) is 10.5. The summed E-state index contributed by atoms with van der Waals surface area (Å²) in [5.41, 5.74) is -0.487. The lowest BCUT2D eigenvalue weighted by atomic mass is 10.4. The SMILES string of the molecule is O=C(Cn1cnc(Cl)c(Cl)c1=O)N1CCCC1. The summed E-state index contributed by atoms with van der Waals surface area (Å²) in [6, 6.07) is 0. The molecule has 5 nitrogen and oxygen atoms in total. The van der Waals surface area contributed by atoms with Crippen molar-refractivity contribution in [1.29, 1.82) is 0 Å². The molecule has 0 atom stereocenters. The first-order valence-corrected chi connectivity index (χ1v) is 6.03. The minimum absolute atomic E-state index is 0.0390. The molecule has 1 saturated heterocycles. The van der Waals surface area contributed by atoms with Gasteiger partial charge >= 0.3 is 0 Å². The van der Waals surface area contributed by atoms with Gasteiger partial charge in [0.15, 0.2) is 5.15 Å². The molecule has 1 aromatic rings. The van der Waals surface area contributed by atoms with Crippen molar-refractivity contribution in [2.75, 3.05) is 13.1 Å². The number of carbonyl (C=O) groups excluding carboxylic acids is 1. The predicted molar refractivity (Wildman–Crippen MR) is 64.3 cm³/mol. The van der Waals surface area contributed by atoms with Gasteiger partial charge in [-0.05, 0) is 12.8 Å². The maximum absolute atomic E-state index is 11.8. The lowest BCUT2D eigenvalue weighted by Gasteiger charge is -2.15. The number of nitrogens with zero attached hydrogens (tertiary/aromatic N) is 3. The number of halogens is 2. The van der Waals surface area contributed by atoms with Crippen molar-refractivity contribution in [3.05, 3.63) is 26.9 Å². The maximum Gasteiger partial charge on any atom is 0.274 e. The summed E-state index contributed by atoms with van der Waals surface area (Å²) >= 11 is 11.3. The zero-order chi connectivity index (χ0) is 12.4. The van der Waals surface area contributed by atoms with Gasteiger partial charge in [0, 0.05) is 13.1 Å². The summed E-state index contributed by atoms with van der Waals surface area (Å²) in [6.07, 6.45) is 3.27. The summed E-state index contributed by atoms with van der Waals surface area (Å²) in [4.78, 5) is 29.0. The van der Waals surface area contributed by atoms with Crippen LogP contribution in [0.2, 0.25) is 10.2 Å². The van der Waals surface area contributed by atoms with E-state index in [1.807, 2.05) is 0 Å². The molecule has 0 saturated carbocycles. The molecular weight excluding hydrogens is 265 g/mol. The van der Waals surface area contributed by atoms with E-state index in [9.17, 15) is 9.59 Å². The average molecular weight is 276 g/mol. The average Bonchev–Trinajstić information content (AvgIpc) is 2.83. The van der Waals surface area contributed by atoms with E-state index in [0.717, 1.165) is 25.9 Å². The normalized spacial score (nSPS) is 15.3. The number of amides is 1. The Bertz CT molecular complexity index is 495. The van der Waals surface area contributed by atoms with Gasteiger partial charge in [0.1, 0.15) is 11.6 Å². The van der Waals surface area contributed by atoms with Gasteiger partial charge in [0.25, 0.3) is 5.56 Å². The highest BCUT2D eigenvalue weighted by Crippen LogP contribution is 2.13. The van der Waals surface area contributed by atoms with Crippen molar-refractivity contribution in [2.45, 2.75) is 19.4 Å². The number of aromatic nitrogens is 2. The Hall–Kier alpha value is -1.07. The van der Waals surface area contributed by atoms with Gasteiger partial charge in [-0.1, -0.05) is 23.2 Å². The van der Waals surface area contributed by atoms with Gasteiger partial charge in [-0.25, -0.2) is 4.98 Å². The van der Waals surface area contributed by atoms with Gasteiger partial charge in [0.05, 0.1) is 6.33 Å². The molecule has 0 N–H and O–H groups in total. The largest absolute Gasteiger partial charge is 0.341 e. The van der Waals surface area contributed by atoms with Crippen LogP contribution in [0.5, 0.6) is 0 Å². The Morgan fingerprint density at radius 3 is 2.65 bits per heavy atom. The van der Waals surface area contributed by atoms with E-state index in [-0.39, 0.29) is 22.6 Å². The number of rotatable bonds is 2. The molecule has 17 heavy (non-hydrogen) atoms. The molecule has 2 heterocycles. The lowest BCUT2D eigenvalue weighted by Crippen LogP contribution is -2.34. The van der Waals surface area contributed by atoms with E-state index in [1.54, 1.807) is 4.90 Å². The molecular formula is C10H11Cl2N3O2. The molecule has 0 radical (unpaired) electrons. The third-order valence-electron chi connectivity index (χ3n) is 2.70. The van der Waals surface area contributed by atoms with Gasteiger partial charge in [0.2, 0.25) is 5.91 Å². The third-order valence-corrected chi connectivity index (χ3v) is 3.43. The summed E-state index contributed by atoms with van der Waals surface area (Å²) in [5, 5.41) is -0.190. The van der Waals surface area contributed by atoms with Gasteiger partial charge in [-0.3, -0.25) is 14.2 Å². The fourth-order valence-corrected chi connectivity index (χ4v) is 2.05. The second-order valence-corrected chi connectivity index (χ2v) is 4.61. The van der Waals surface area contributed by atoms with Crippen molar-refractivity contribution >= 4 is 29.1 Å². The van der Waals surface area contributed by atoms with Crippen LogP contribution in [-0.2, 0) is 11.3 Å². The van der Waals surface area contributed by atoms with Gasteiger partial charge < -0.3 is 4.90 Å². The van der Waals surface area contributed by atoms with Gasteiger partial charge in [-0.2, -0.15) is 0 Å². The summed E-state index contributed by atoms with van der Waals surface area (Å²) in [5.74, 6) is -0.0928. The van der Waals surface area contributed by atoms with Gasteiger partial charge in [-0.15, -0.1) is 0 Å². The van der Waals surface area contributed by atoms with Crippen molar-refractivity contribution in [3.8, 4) is 0 Å². The van der Waals surface area contributed by atoms with Crippen molar-refractivity contribution < 1.29 is 4.79 Å². The molecule has 92 valence electrons. The highest BCUT2D eigenvalue weighted by atomic mass is 35.5. The van der Waals surface area contributed by atoms with Crippen molar-refractivity contribution in [2.24, 2.45) is 0 Å². The summed E-state index contributed by atoms with van der Waals surface area (Å²) in [7, 11) is 0. The Kier molecular flexibility index (Phi) is 3.69. The molecule has 0 spiro atoms. The highest BCUT2D eigenvalue weighted by molar-refractivity contribution is 6.40. The first-order chi connectivity index (χ1) is 8.09. The van der Waals surface area contributed by atoms with Crippen molar-refractivity contribution in [3.63, 3.8) is 0 Å². The minimum Gasteiger partial charge on any atom is -0.341 e. The van der Waals surface area contributed by atoms with E-state index >= 15 is 0 Å². The number of hydrogen-bond donors (Lipinski definition) is 0. The zero-order valence-electron chi connectivity index (χ0n) is 9.03. The minimum atomic E-state index is -0.487. The maximum atomic E-state index is 11.8. The predicted octanol–water partition coefficient (Wildman–Crippen LogP) is 1.17. The summed E-state index contributed by atoms with van der Waals surface area (Å²) in [6.45, 7) is 1.47. The first-order valence-electron chi connectivity index (χ1n) is 5.28. The Morgan fingerprint density at radius 2 is 2.00 bits per heavy atom. The first kappa shape index (κ1) is 12.4. The quantitative estimate of drug-likeness (QED) is 0.762. The van der Waals surface area contributed by atoms with Crippen LogP contribution in [0, 0.1) is 0 Å². The second kappa shape index (κ2) is 5.06. The molecule has 1 aliphatic heterocycles. The molecule has 0 aliphatic carbocycles. The van der Waals surface area contributed by atoms with E-state index in [4.69, 9.17) is 23.2 Å². The van der Waals surface area contributed by atoms with Crippen LogP contribution in [0.3, 0.4) is 0 Å². The lowest BCUT2D eigenvalue weighted by molar-refractivity contribution is -0.130. The smallest absolute Gasteiger partial charge is 0.274 e. The fraction of sp³-hybridized carbons (Fsp3) is 0.500. The fourth-order valence-electron chi connectivity index (χ4n) is 1.77. The summed E-state index contributed by atoms with van der Waals surface area (Å²) < 4.78 is 1.18. The molecule has 1 fully saturated rings. The van der Waals surface area contributed by atoms with Crippen molar-refractivity contribution in [1.82, 2.24) is 14.5 Å². The molecule has 1 aliphatic rings. The molecule has 1 aromatic heterocycles. The van der Waals surface area contributed by atoms with Crippen LogP contribution in [0.25, 0.3) is 0 Å². The highest BCUT2D eigenvalue weighted by Gasteiger charge is 2.19. The van der Waals surface area contributed by atoms with Crippen LogP contribution in [-0.4, -0.2) is 33.4 Å². The standard InChI is InChI=1S/C10H11Cl2N3O2/c11-8-9(12)13-6-15(10(8)17)5-7(16)14-3-1-2-4-14/h6H,1-5H2. The van der Waals surface area contributed by atoms with E-state index < -0.39 is 5.56 Å². The number of carbonyl (C=O) groups is 1. The van der Waals surface area contributed by atoms with Crippen LogP contribution in [0.1, 0.15) is 12.8 Å². The molecule has 0 unspecified atom stereocenters. The van der Waals surface area contributed by atoms with Crippen LogP contribution in [0.15, 0.2) is 11.1 Å². The molecule has 0 bridgehead atoms. The van der Waals surface area contributed by atoms with Crippen LogP contribution < -0.4 is 5.56 Å².